The number of carboxylic acids is 1. The number of H-pyrrole nitrogens is 1. The highest BCUT2D eigenvalue weighted by atomic mass is 16.4. The minimum Gasteiger partial charge on any atom is -0.506 e. The van der Waals surface area contributed by atoms with Gasteiger partial charge in [-0.05, 0) is 12.1 Å². The maximum absolute atomic E-state index is 11.3. The van der Waals surface area contributed by atoms with Crippen LogP contribution in [0.1, 0.15) is 10.4 Å². The van der Waals surface area contributed by atoms with Gasteiger partial charge in [0.1, 0.15) is 11.4 Å². The van der Waals surface area contributed by atoms with Crippen molar-refractivity contribution in [2.45, 2.75) is 0 Å². The summed E-state index contributed by atoms with van der Waals surface area (Å²) < 4.78 is 0. The topological polar surface area (TPSA) is 103 Å². The van der Waals surface area contributed by atoms with Crippen molar-refractivity contribution in [3.8, 4) is 5.75 Å². The molecule has 0 atom stereocenters. The monoisotopic (exact) mass is 206 g/mol. The number of pyridine rings is 2. The van der Waals surface area contributed by atoms with E-state index >= 15 is 0 Å². The van der Waals surface area contributed by atoms with Gasteiger partial charge in [-0.15, -0.1) is 0 Å². The summed E-state index contributed by atoms with van der Waals surface area (Å²) in [6.45, 7) is 0. The van der Waals surface area contributed by atoms with Crippen LogP contribution < -0.4 is 5.56 Å². The van der Waals surface area contributed by atoms with Crippen LogP contribution in [-0.4, -0.2) is 26.2 Å². The molecular formula is C9H6N2O4. The molecule has 0 bridgehead atoms. The Balaban J connectivity index is 2.97. The molecular weight excluding hydrogens is 200 g/mol. The predicted molar refractivity (Wildman–Crippen MR) is 51.0 cm³/mol. The fourth-order valence-electron chi connectivity index (χ4n) is 1.31. The molecule has 0 spiro atoms. The van der Waals surface area contributed by atoms with E-state index in [1.807, 2.05) is 0 Å². The van der Waals surface area contributed by atoms with Gasteiger partial charge in [-0.2, -0.15) is 0 Å². The van der Waals surface area contributed by atoms with E-state index in [0.29, 0.717) is 0 Å². The molecule has 0 saturated carbocycles. The number of nitrogens with zero attached hydrogens (tertiary/aromatic N) is 1. The zero-order chi connectivity index (χ0) is 11.0. The van der Waals surface area contributed by atoms with E-state index in [2.05, 4.69) is 9.97 Å². The second kappa shape index (κ2) is 3.09. The Labute approximate surface area is 82.8 Å². The van der Waals surface area contributed by atoms with Crippen molar-refractivity contribution < 1.29 is 15.0 Å². The Morgan fingerprint density at radius 1 is 1.47 bits per heavy atom. The number of carbonyl (C=O) groups is 1. The summed E-state index contributed by atoms with van der Waals surface area (Å²) >= 11 is 0. The second-order valence-electron chi connectivity index (χ2n) is 2.88. The average molecular weight is 206 g/mol. The lowest BCUT2D eigenvalue weighted by Gasteiger charge is -2.02. The van der Waals surface area contributed by atoms with Gasteiger partial charge in [-0.25, -0.2) is 9.78 Å². The first-order valence-corrected chi connectivity index (χ1v) is 4.04. The molecule has 6 heteroatoms. The number of fused-ring (bicyclic) bond motifs is 1. The molecule has 0 aliphatic heterocycles. The van der Waals surface area contributed by atoms with Crippen molar-refractivity contribution >= 4 is 17.0 Å². The van der Waals surface area contributed by atoms with Gasteiger partial charge in [-0.1, -0.05) is 0 Å². The third kappa shape index (κ3) is 1.32. The third-order valence-electron chi connectivity index (χ3n) is 1.97. The number of aromatic nitrogens is 2. The fourth-order valence-corrected chi connectivity index (χ4v) is 1.31. The van der Waals surface area contributed by atoms with Gasteiger partial charge in [0.25, 0.3) is 5.56 Å². The van der Waals surface area contributed by atoms with Crippen LogP contribution in [0.5, 0.6) is 5.75 Å². The molecule has 0 amide bonds. The highest BCUT2D eigenvalue weighted by Gasteiger charge is 2.17. The van der Waals surface area contributed by atoms with Crippen molar-refractivity contribution in [2.24, 2.45) is 0 Å². The first-order chi connectivity index (χ1) is 7.11. The van der Waals surface area contributed by atoms with Crippen molar-refractivity contribution in [3.63, 3.8) is 0 Å². The molecule has 2 heterocycles. The van der Waals surface area contributed by atoms with Gasteiger partial charge in [0.05, 0.1) is 5.39 Å². The first kappa shape index (κ1) is 9.20. The Bertz CT molecular complexity index is 603. The minimum absolute atomic E-state index is 0.157. The molecule has 0 aliphatic rings. The number of hydrogen-bond acceptors (Lipinski definition) is 4. The lowest BCUT2D eigenvalue weighted by atomic mass is 10.2. The van der Waals surface area contributed by atoms with Crippen molar-refractivity contribution in [3.05, 3.63) is 34.2 Å². The van der Waals surface area contributed by atoms with Crippen LogP contribution >= 0.6 is 0 Å². The molecule has 2 aromatic heterocycles. The highest BCUT2D eigenvalue weighted by Crippen LogP contribution is 2.22. The average Bonchev–Trinajstić information content (AvgIpc) is 2.17. The second-order valence-corrected chi connectivity index (χ2v) is 2.88. The Morgan fingerprint density at radius 3 is 2.87 bits per heavy atom. The number of nitrogens with one attached hydrogen (secondary N) is 1. The number of carboxylic acid groups (broad SMARTS) is 1. The lowest BCUT2D eigenvalue weighted by molar-refractivity contribution is 0.0692. The van der Waals surface area contributed by atoms with Gasteiger partial charge in [0, 0.05) is 6.20 Å². The van der Waals surface area contributed by atoms with Crippen LogP contribution in [-0.2, 0) is 0 Å². The summed E-state index contributed by atoms with van der Waals surface area (Å²) in [6.07, 6.45) is 1.43. The molecule has 0 radical (unpaired) electrons. The van der Waals surface area contributed by atoms with Crippen LogP contribution in [0.4, 0.5) is 0 Å². The number of rotatable bonds is 1. The maximum Gasteiger partial charge on any atom is 0.345 e. The van der Waals surface area contributed by atoms with Crippen LogP contribution in [0.15, 0.2) is 23.1 Å². The number of aromatic carboxylic acids is 1. The zero-order valence-electron chi connectivity index (χ0n) is 7.39. The van der Waals surface area contributed by atoms with Gasteiger partial charge in [0.15, 0.2) is 5.56 Å². The summed E-state index contributed by atoms with van der Waals surface area (Å²) in [6, 6.07) is 3.01. The van der Waals surface area contributed by atoms with E-state index in [0.717, 1.165) is 0 Å². The summed E-state index contributed by atoms with van der Waals surface area (Å²) in [5.41, 5.74) is -1.38. The van der Waals surface area contributed by atoms with E-state index < -0.39 is 22.8 Å². The summed E-state index contributed by atoms with van der Waals surface area (Å²) in [5, 5.41) is 18.5. The van der Waals surface area contributed by atoms with Crippen LogP contribution in [0, 0.1) is 0 Å². The van der Waals surface area contributed by atoms with E-state index in [1.54, 1.807) is 0 Å². The SMILES string of the molecule is O=C(O)c1c(O)c2cccnc2[nH]c1=O. The molecule has 0 unspecified atom stereocenters. The van der Waals surface area contributed by atoms with E-state index in [-0.39, 0.29) is 11.0 Å². The van der Waals surface area contributed by atoms with E-state index in [4.69, 9.17) is 5.11 Å². The van der Waals surface area contributed by atoms with E-state index in [9.17, 15) is 14.7 Å². The number of hydrogen-bond donors (Lipinski definition) is 3. The van der Waals surface area contributed by atoms with Gasteiger partial charge < -0.3 is 15.2 Å². The smallest absolute Gasteiger partial charge is 0.345 e. The van der Waals surface area contributed by atoms with Crippen LogP contribution in [0.2, 0.25) is 0 Å². The molecule has 0 aromatic carbocycles. The van der Waals surface area contributed by atoms with Gasteiger partial charge in [-0.3, -0.25) is 4.79 Å². The zero-order valence-corrected chi connectivity index (χ0v) is 7.39. The quantitative estimate of drug-likeness (QED) is 0.623. The first-order valence-electron chi connectivity index (χ1n) is 4.04. The Hall–Kier alpha value is -2.37. The predicted octanol–water partition coefficient (Wildman–Crippen LogP) is 0.327. The molecule has 2 aromatic rings. The lowest BCUT2D eigenvalue weighted by Crippen LogP contribution is -2.17. The summed E-state index contributed by atoms with van der Waals surface area (Å²) in [4.78, 5) is 28.0. The van der Waals surface area contributed by atoms with Crippen molar-refractivity contribution in [1.82, 2.24) is 9.97 Å². The summed E-state index contributed by atoms with van der Waals surface area (Å²) in [7, 11) is 0. The molecule has 0 saturated heterocycles. The third-order valence-corrected chi connectivity index (χ3v) is 1.97. The molecule has 0 fully saturated rings. The van der Waals surface area contributed by atoms with Gasteiger partial charge >= 0.3 is 5.97 Å². The minimum atomic E-state index is -1.47. The molecule has 6 nitrogen and oxygen atoms in total. The molecule has 76 valence electrons. The molecule has 2 rings (SSSR count). The van der Waals surface area contributed by atoms with Crippen LogP contribution in [0.3, 0.4) is 0 Å². The standard InChI is InChI=1S/C9H6N2O4/c12-6-4-2-1-3-10-7(4)11-8(13)5(6)9(14)15/h1-3H,(H,14,15)(H2,10,11,12,13). The highest BCUT2D eigenvalue weighted by molar-refractivity contribution is 5.97. The van der Waals surface area contributed by atoms with Crippen molar-refractivity contribution in [2.75, 3.05) is 0 Å². The van der Waals surface area contributed by atoms with E-state index in [1.165, 1.54) is 18.3 Å². The van der Waals surface area contributed by atoms with Gasteiger partial charge in [0.2, 0.25) is 0 Å². The van der Waals surface area contributed by atoms with Crippen molar-refractivity contribution in [1.29, 1.82) is 0 Å². The normalized spacial score (nSPS) is 10.4. The Kier molecular flexibility index (Phi) is 1.89. The summed E-state index contributed by atoms with van der Waals surface area (Å²) in [5.74, 6) is -2.03. The number of aromatic hydroxyl groups is 1. The van der Waals surface area contributed by atoms with Crippen LogP contribution in [0.25, 0.3) is 11.0 Å². The Morgan fingerprint density at radius 2 is 2.20 bits per heavy atom. The molecule has 3 N–H and O–H groups in total. The molecule has 0 aliphatic carbocycles. The molecule has 15 heavy (non-hydrogen) atoms. The largest absolute Gasteiger partial charge is 0.506 e. The maximum atomic E-state index is 11.3. The number of aromatic amines is 1. The fraction of sp³-hybridized carbons (Fsp3) is 0.